The minimum absolute atomic E-state index is 0.142. The largest absolute Gasteiger partial charge is 0.306 e. The number of carbonyl (C=O) groups excluding carboxylic acids is 1. The van der Waals surface area contributed by atoms with Crippen molar-refractivity contribution < 1.29 is 4.79 Å². The third-order valence-electron chi connectivity index (χ3n) is 5.62. The molecule has 0 aliphatic heterocycles. The van der Waals surface area contributed by atoms with Crippen LogP contribution in [0, 0.1) is 13.8 Å². The van der Waals surface area contributed by atoms with E-state index in [1.54, 1.807) is 23.5 Å². The van der Waals surface area contributed by atoms with E-state index >= 15 is 0 Å². The third-order valence-corrected chi connectivity index (χ3v) is 6.52. The number of nitrogens with zero attached hydrogens (tertiary/aromatic N) is 3. The van der Waals surface area contributed by atoms with Gasteiger partial charge in [0.05, 0.1) is 10.6 Å². The number of anilines is 1. The molecule has 4 aromatic rings. The van der Waals surface area contributed by atoms with Gasteiger partial charge in [-0.3, -0.25) is 14.6 Å². The van der Waals surface area contributed by atoms with Gasteiger partial charge in [-0.05, 0) is 67.8 Å². The number of rotatable bonds is 4. The minimum atomic E-state index is -0.245. The lowest BCUT2D eigenvalue weighted by molar-refractivity contribution is 0.102. The molecule has 1 aliphatic carbocycles. The number of aromatic amines is 1. The first-order chi connectivity index (χ1) is 15.0. The predicted molar refractivity (Wildman–Crippen MR) is 121 cm³/mol. The number of aryl methyl sites for hydroxylation is 3. The molecule has 31 heavy (non-hydrogen) atoms. The molecule has 8 heteroatoms. The molecule has 0 saturated carbocycles. The number of hydrogen-bond donors (Lipinski definition) is 2. The van der Waals surface area contributed by atoms with Crippen LogP contribution in [0.1, 0.15) is 39.2 Å². The van der Waals surface area contributed by atoms with Crippen molar-refractivity contribution >= 4 is 23.1 Å². The average molecular weight is 432 g/mol. The molecule has 1 amide bonds. The number of nitrogens with one attached hydrogen (secondary N) is 2. The van der Waals surface area contributed by atoms with E-state index in [1.807, 2.05) is 43.5 Å². The highest BCUT2D eigenvalue weighted by Crippen LogP contribution is 2.28. The van der Waals surface area contributed by atoms with Crippen LogP contribution in [0.2, 0.25) is 0 Å². The van der Waals surface area contributed by atoms with Crippen LogP contribution >= 0.6 is 11.3 Å². The molecule has 0 fully saturated rings. The van der Waals surface area contributed by atoms with Gasteiger partial charge in [0.1, 0.15) is 11.5 Å². The molecule has 156 valence electrons. The van der Waals surface area contributed by atoms with E-state index in [-0.39, 0.29) is 11.5 Å². The second-order valence-corrected chi connectivity index (χ2v) is 8.67. The average Bonchev–Trinajstić information content (AvgIpc) is 3.50. The fourth-order valence-electron chi connectivity index (χ4n) is 3.78. The van der Waals surface area contributed by atoms with Gasteiger partial charge in [0, 0.05) is 17.2 Å². The van der Waals surface area contributed by atoms with Crippen molar-refractivity contribution in [3.8, 4) is 16.5 Å². The number of benzene rings is 1. The summed E-state index contributed by atoms with van der Waals surface area (Å²) in [5.41, 5.74) is 4.84. The maximum atomic E-state index is 13.0. The number of aromatic nitrogens is 4. The van der Waals surface area contributed by atoms with E-state index in [2.05, 4.69) is 20.4 Å². The first kappa shape index (κ1) is 19.4. The Kier molecular flexibility index (Phi) is 4.78. The van der Waals surface area contributed by atoms with Crippen LogP contribution < -0.4 is 10.9 Å². The van der Waals surface area contributed by atoms with Gasteiger partial charge in [-0.25, -0.2) is 4.98 Å². The second-order valence-electron chi connectivity index (χ2n) is 7.73. The molecule has 0 unspecified atom stereocenters. The number of carbonyl (C=O) groups is 1. The zero-order chi connectivity index (χ0) is 21.5. The summed E-state index contributed by atoms with van der Waals surface area (Å²) in [4.78, 5) is 34.0. The Labute approximate surface area is 182 Å². The number of fused-ring (bicyclic) bond motifs is 1. The molecule has 7 nitrogen and oxygen atoms in total. The highest BCUT2D eigenvalue weighted by atomic mass is 32.1. The first-order valence-corrected chi connectivity index (χ1v) is 11.0. The van der Waals surface area contributed by atoms with E-state index in [9.17, 15) is 9.59 Å². The summed E-state index contributed by atoms with van der Waals surface area (Å²) >= 11 is 1.55. The van der Waals surface area contributed by atoms with Crippen LogP contribution in [-0.4, -0.2) is 25.7 Å². The molecule has 0 radical (unpaired) electrons. The van der Waals surface area contributed by atoms with Gasteiger partial charge < -0.3 is 5.32 Å². The topological polar surface area (TPSA) is 92.7 Å². The van der Waals surface area contributed by atoms with Crippen LogP contribution in [0.5, 0.6) is 0 Å². The van der Waals surface area contributed by atoms with E-state index in [1.165, 1.54) is 4.68 Å². The second kappa shape index (κ2) is 7.63. The lowest BCUT2D eigenvalue weighted by atomic mass is 10.1. The van der Waals surface area contributed by atoms with Crippen molar-refractivity contribution in [1.29, 1.82) is 0 Å². The Balaban J connectivity index is 1.58. The van der Waals surface area contributed by atoms with Crippen molar-refractivity contribution in [2.24, 2.45) is 0 Å². The fourth-order valence-corrected chi connectivity index (χ4v) is 4.46. The Bertz CT molecular complexity index is 1350. The maximum absolute atomic E-state index is 13.0. The maximum Gasteiger partial charge on any atom is 0.256 e. The summed E-state index contributed by atoms with van der Waals surface area (Å²) in [6.45, 7) is 3.99. The minimum Gasteiger partial charge on any atom is -0.306 e. The first-order valence-electron chi connectivity index (χ1n) is 10.1. The van der Waals surface area contributed by atoms with E-state index < -0.39 is 0 Å². The zero-order valence-electron chi connectivity index (χ0n) is 17.2. The molecule has 0 bridgehead atoms. The van der Waals surface area contributed by atoms with Crippen molar-refractivity contribution in [2.75, 3.05) is 5.32 Å². The lowest BCUT2D eigenvalue weighted by Gasteiger charge is -2.10. The van der Waals surface area contributed by atoms with Gasteiger partial charge in [0.25, 0.3) is 11.5 Å². The molecule has 0 atom stereocenters. The molecule has 3 aromatic heterocycles. The number of H-pyrrole nitrogens is 1. The van der Waals surface area contributed by atoms with Crippen LogP contribution in [0.3, 0.4) is 0 Å². The van der Waals surface area contributed by atoms with Crippen molar-refractivity contribution in [1.82, 2.24) is 19.7 Å². The molecule has 1 aromatic carbocycles. The summed E-state index contributed by atoms with van der Waals surface area (Å²) < 4.78 is 1.51. The fraction of sp³-hybridized carbons (Fsp3) is 0.217. The van der Waals surface area contributed by atoms with Gasteiger partial charge in [-0.1, -0.05) is 12.1 Å². The number of amides is 1. The predicted octanol–water partition coefficient (Wildman–Crippen LogP) is 4.04. The summed E-state index contributed by atoms with van der Waals surface area (Å²) in [5.74, 6) is 0.516. The molecule has 5 rings (SSSR count). The van der Waals surface area contributed by atoms with Crippen LogP contribution in [-0.2, 0) is 12.8 Å². The Morgan fingerprint density at radius 3 is 2.81 bits per heavy atom. The standard InChI is InChI=1S/C23H21N5O2S/c1-13-8-9-15(11-14(13)2)21(29)25-20-12-18(19-7-4-10-31-19)27-28(20)23-24-17-6-3-5-16(17)22(30)26-23/h4,7-12H,3,5-6H2,1-2H3,(H,25,29)(H,24,26,30). The Morgan fingerprint density at radius 2 is 2.03 bits per heavy atom. The highest BCUT2D eigenvalue weighted by molar-refractivity contribution is 7.13. The van der Waals surface area contributed by atoms with Crippen LogP contribution in [0.25, 0.3) is 16.5 Å². The summed E-state index contributed by atoms with van der Waals surface area (Å²) in [7, 11) is 0. The van der Waals surface area contributed by atoms with Gasteiger partial charge in [0.2, 0.25) is 5.95 Å². The van der Waals surface area contributed by atoms with Crippen molar-refractivity contribution in [2.45, 2.75) is 33.1 Å². The van der Waals surface area contributed by atoms with Crippen molar-refractivity contribution in [3.63, 3.8) is 0 Å². The number of thiophene rings is 1. The van der Waals surface area contributed by atoms with Gasteiger partial charge >= 0.3 is 0 Å². The van der Waals surface area contributed by atoms with E-state index in [4.69, 9.17) is 0 Å². The van der Waals surface area contributed by atoms with E-state index in [0.29, 0.717) is 23.0 Å². The van der Waals surface area contributed by atoms with Crippen LogP contribution in [0.4, 0.5) is 5.82 Å². The number of hydrogen-bond acceptors (Lipinski definition) is 5. The molecular formula is C23H21N5O2S. The Hall–Kier alpha value is -3.52. The molecule has 0 saturated heterocycles. The van der Waals surface area contributed by atoms with Crippen molar-refractivity contribution in [3.05, 3.63) is 80.1 Å². The lowest BCUT2D eigenvalue weighted by Crippen LogP contribution is -2.21. The third kappa shape index (κ3) is 3.59. The highest BCUT2D eigenvalue weighted by Gasteiger charge is 2.21. The smallest absolute Gasteiger partial charge is 0.256 e. The van der Waals surface area contributed by atoms with Gasteiger partial charge in [0.15, 0.2) is 0 Å². The molecule has 3 heterocycles. The SMILES string of the molecule is Cc1ccc(C(=O)Nc2cc(-c3cccs3)nn2-c2nc3c(c(=O)[nH]2)CCC3)cc1C. The quantitative estimate of drug-likeness (QED) is 0.510. The monoisotopic (exact) mass is 431 g/mol. The molecule has 0 spiro atoms. The summed E-state index contributed by atoms with van der Waals surface area (Å²) in [5, 5.41) is 9.56. The normalized spacial score (nSPS) is 12.7. The van der Waals surface area contributed by atoms with E-state index in [0.717, 1.165) is 46.5 Å². The van der Waals surface area contributed by atoms with Gasteiger partial charge in [-0.2, -0.15) is 9.78 Å². The summed E-state index contributed by atoms with van der Waals surface area (Å²) in [6.07, 6.45) is 2.44. The molecule has 2 N–H and O–H groups in total. The zero-order valence-corrected chi connectivity index (χ0v) is 18.0. The molecule has 1 aliphatic rings. The summed E-state index contributed by atoms with van der Waals surface area (Å²) in [6, 6.07) is 11.3. The molecular weight excluding hydrogens is 410 g/mol. The van der Waals surface area contributed by atoms with Crippen LogP contribution in [0.15, 0.2) is 46.6 Å². The Morgan fingerprint density at radius 1 is 1.16 bits per heavy atom. The van der Waals surface area contributed by atoms with Gasteiger partial charge in [-0.15, -0.1) is 11.3 Å².